The Morgan fingerprint density at radius 1 is 1.24 bits per heavy atom. The molecule has 5 rings (SSSR count). The standard InChI is InChI=1S/C27H25ClFN5O4/c1-38-22-4-2-3-19-15(22)11-21(32-19)27(37)33-20(9-13-5-6-13)26(36)31-14(12-30)10-16-23-17(28)7-8-18(29)24(23)34-25(16)35/h2-4,7-8,11,13-14,16,20,32H,5-6,9-10H2,1H3,(H,31,36)(H,33,37)(H,34,35). The molecule has 1 aliphatic heterocycles. The summed E-state index contributed by atoms with van der Waals surface area (Å²) in [6, 6.07) is 9.62. The highest BCUT2D eigenvalue weighted by molar-refractivity contribution is 6.32. The van der Waals surface area contributed by atoms with Gasteiger partial charge in [-0.15, -0.1) is 0 Å². The zero-order valence-electron chi connectivity index (χ0n) is 20.4. The fourth-order valence-electron chi connectivity index (χ4n) is 4.84. The first-order valence-electron chi connectivity index (χ1n) is 12.2. The SMILES string of the molecule is COc1cccc2[nH]c(C(=O)NC(CC3CC3)C(=O)NC(C#N)CC3C(=O)Nc4c(F)ccc(Cl)c43)cc12. The van der Waals surface area contributed by atoms with Crippen LogP contribution in [0.4, 0.5) is 10.1 Å². The number of aromatic nitrogens is 1. The molecule has 0 spiro atoms. The van der Waals surface area contributed by atoms with Crippen LogP contribution in [0.15, 0.2) is 36.4 Å². The molecule has 0 radical (unpaired) electrons. The van der Waals surface area contributed by atoms with Gasteiger partial charge in [0.2, 0.25) is 11.8 Å². The molecule has 11 heteroatoms. The predicted octanol–water partition coefficient (Wildman–Crippen LogP) is 4.00. The second-order valence-corrected chi connectivity index (χ2v) is 10.0. The minimum atomic E-state index is -1.07. The number of nitrogens with zero attached hydrogens (tertiary/aromatic N) is 1. The zero-order chi connectivity index (χ0) is 27.0. The Labute approximate surface area is 222 Å². The highest BCUT2D eigenvalue weighted by atomic mass is 35.5. The molecule has 0 bridgehead atoms. The van der Waals surface area contributed by atoms with Gasteiger partial charge < -0.3 is 25.7 Å². The molecule has 3 amide bonds. The molecule has 3 unspecified atom stereocenters. The first-order valence-corrected chi connectivity index (χ1v) is 12.6. The van der Waals surface area contributed by atoms with Gasteiger partial charge in [-0.1, -0.05) is 30.5 Å². The Balaban J connectivity index is 1.30. The highest BCUT2D eigenvalue weighted by Gasteiger charge is 2.38. The number of H-pyrrole nitrogens is 1. The molecule has 9 nitrogen and oxygen atoms in total. The number of aromatic amines is 1. The topological polar surface area (TPSA) is 136 Å². The van der Waals surface area contributed by atoms with E-state index < -0.39 is 41.5 Å². The minimum Gasteiger partial charge on any atom is -0.496 e. The number of nitrogens with one attached hydrogen (secondary N) is 4. The van der Waals surface area contributed by atoms with Crippen molar-refractivity contribution in [3.63, 3.8) is 0 Å². The largest absolute Gasteiger partial charge is 0.496 e. The lowest BCUT2D eigenvalue weighted by atomic mass is 9.93. The number of amides is 3. The summed E-state index contributed by atoms with van der Waals surface area (Å²) in [7, 11) is 1.54. The van der Waals surface area contributed by atoms with Gasteiger partial charge in [0.15, 0.2) is 0 Å². The average Bonchev–Trinajstić information content (AvgIpc) is 3.51. The predicted molar refractivity (Wildman–Crippen MR) is 138 cm³/mol. The van der Waals surface area contributed by atoms with Crippen LogP contribution in [0.25, 0.3) is 10.9 Å². The summed E-state index contributed by atoms with van der Waals surface area (Å²) in [6.45, 7) is 0. The van der Waals surface area contributed by atoms with Crippen LogP contribution in [0.3, 0.4) is 0 Å². The molecule has 4 N–H and O–H groups in total. The van der Waals surface area contributed by atoms with Crippen LogP contribution in [0.2, 0.25) is 5.02 Å². The number of rotatable bonds is 9. The van der Waals surface area contributed by atoms with E-state index in [4.69, 9.17) is 16.3 Å². The van der Waals surface area contributed by atoms with Crippen molar-refractivity contribution in [1.82, 2.24) is 15.6 Å². The third kappa shape index (κ3) is 5.02. The second-order valence-electron chi connectivity index (χ2n) is 9.60. The maximum Gasteiger partial charge on any atom is 0.268 e. The van der Waals surface area contributed by atoms with Crippen LogP contribution in [0, 0.1) is 23.1 Å². The zero-order valence-corrected chi connectivity index (χ0v) is 21.2. The van der Waals surface area contributed by atoms with E-state index in [1.165, 1.54) is 6.07 Å². The van der Waals surface area contributed by atoms with E-state index in [0.29, 0.717) is 23.6 Å². The minimum absolute atomic E-state index is 0.00986. The number of hydrogen-bond acceptors (Lipinski definition) is 5. The molecule has 196 valence electrons. The van der Waals surface area contributed by atoms with Gasteiger partial charge in [-0.05, 0) is 49.1 Å². The summed E-state index contributed by atoms with van der Waals surface area (Å²) in [6.07, 6.45) is 2.22. The summed E-state index contributed by atoms with van der Waals surface area (Å²) >= 11 is 6.23. The number of benzene rings is 2. The van der Waals surface area contributed by atoms with Gasteiger partial charge in [-0.25, -0.2) is 4.39 Å². The average molecular weight is 538 g/mol. The van der Waals surface area contributed by atoms with E-state index in [1.807, 2.05) is 12.1 Å². The fourth-order valence-corrected chi connectivity index (χ4v) is 5.12. The molecule has 1 fully saturated rings. The summed E-state index contributed by atoms with van der Waals surface area (Å²) < 4.78 is 19.5. The van der Waals surface area contributed by atoms with Crippen molar-refractivity contribution in [2.75, 3.05) is 12.4 Å². The molecule has 1 saturated carbocycles. The van der Waals surface area contributed by atoms with Gasteiger partial charge in [0, 0.05) is 21.5 Å². The number of anilines is 1. The van der Waals surface area contributed by atoms with Crippen LogP contribution in [-0.2, 0) is 9.59 Å². The summed E-state index contributed by atoms with van der Waals surface area (Å²) in [5.74, 6) is -2.13. The number of carbonyl (C=O) groups is 3. The second kappa shape index (κ2) is 10.3. The molecule has 1 aromatic heterocycles. The number of halogens is 2. The van der Waals surface area contributed by atoms with Crippen LogP contribution in [0.5, 0.6) is 5.75 Å². The number of methoxy groups -OCH3 is 1. The van der Waals surface area contributed by atoms with Crippen LogP contribution >= 0.6 is 11.6 Å². The van der Waals surface area contributed by atoms with Crippen molar-refractivity contribution < 1.29 is 23.5 Å². The first-order chi connectivity index (χ1) is 18.3. The number of carbonyl (C=O) groups excluding carboxylic acids is 3. The third-order valence-corrected chi connectivity index (χ3v) is 7.30. The van der Waals surface area contributed by atoms with Gasteiger partial charge in [0.1, 0.15) is 29.3 Å². The Hall–Kier alpha value is -4.10. The Kier molecular flexibility index (Phi) is 6.95. The molecule has 3 atom stereocenters. The number of hydrogen-bond donors (Lipinski definition) is 4. The monoisotopic (exact) mass is 537 g/mol. The van der Waals surface area contributed by atoms with Gasteiger partial charge in [-0.2, -0.15) is 5.26 Å². The summed E-state index contributed by atoms with van der Waals surface area (Å²) in [4.78, 5) is 41.9. The smallest absolute Gasteiger partial charge is 0.268 e. The number of fused-ring (bicyclic) bond motifs is 2. The van der Waals surface area contributed by atoms with Crippen molar-refractivity contribution >= 4 is 45.9 Å². The lowest BCUT2D eigenvalue weighted by Crippen LogP contribution is -2.50. The molecule has 2 heterocycles. The van der Waals surface area contributed by atoms with Crippen LogP contribution < -0.4 is 20.7 Å². The van der Waals surface area contributed by atoms with Crippen LogP contribution in [0.1, 0.15) is 47.7 Å². The molecule has 0 saturated heterocycles. The summed E-state index contributed by atoms with van der Waals surface area (Å²) in [5, 5.41) is 18.6. The molecule has 2 aliphatic rings. The van der Waals surface area contributed by atoms with Crippen molar-refractivity contribution in [1.29, 1.82) is 5.26 Å². The maximum atomic E-state index is 14.2. The normalized spacial score (nSPS) is 17.7. The number of ether oxygens (including phenoxy) is 1. The Bertz CT molecular complexity index is 1480. The molecule has 1 aliphatic carbocycles. The molecule has 38 heavy (non-hydrogen) atoms. The van der Waals surface area contributed by atoms with Crippen LogP contribution in [-0.4, -0.2) is 41.9 Å². The maximum absolute atomic E-state index is 14.2. The molecular formula is C27H25ClFN5O4. The van der Waals surface area contributed by atoms with Crippen molar-refractivity contribution in [3.05, 3.63) is 58.5 Å². The molecular weight excluding hydrogens is 513 g/mol. The first kappa shape index (κ1) is 25.5. The van der Waals surface area contributed by atoms with E-state index in [0.717, 1.165) is 24.3 Å². The van der Waals surface area contributed by atoms with Crippen molar-refractivity contribution in [2.45, 2.75) is 43.7 Å². The summed E-state index contributed by atoms with van der Waals surface area (Å²) in [5.41, 5.74) is 1.24. The number of nitriles is 1. The van der Waals surface area contributed by atoms with E-state index in [2.05, 4.69) is 20.9 Å². The van der Waals surface area contributed by atoms with E-state index in [-0.39, 0.29) is 28.4 Å². The lowest BCUT2D eigenvalue weighted by molar-refractivity contribution is -0.124. The molecule has 2 aromatic carbocycles. The highest BCUT2D eigenvalue weighted by Crippen LogP contribution is 2.41. The fraction of sp³-hybridized carbons (Fsp3) is 0.333. The van der Waals surface area contributed by atoms with Gasteiger partial charge >= 0.3 is 0 Å². The Morgan fingerprint density at radius 3 is 2.74 bits per heavy atom. The van der Waals surface area contributed by atoms with E-state index >= 15 is 0 Å². The van der Waals surface area contributed by atoms with E-state index in [9.17, 15) is 24.0 Å². The quantitative estimate of drug-likeness (QED) is 0.327. The third-order valence-electron chi connectivity index (χ3n) is 6.97. The lowest BCUT2D eigenvalue weighted by Gasteiger charge is -2.21. The van der Waals surface area contributed by atoms with Gasteiger partial charge in [-0.3, -0.25) is 14.4 Å². The van der Waals surface area contributed by atoms with Gasteiger partial charge in [0.05, 0.1) is 24.8 Å². The van der Waals surface area contributed by atoms with E-state index in [1.54, 1.807) is 25.3 Å². The Morgan fingerprint density at radius 2 is 2.03 bits per heavy atom. The van der Waals surface area contributed by atoms with Crippen molar-refractivity contribution in [3.8, 4) is 11.8 Å². The molecule has 3 aromatic rings. The van der Waals surface area contributed by atoms with Crippen molar-refractivity contribution in [2.24, 2.45) is 5.92 Å². The van der Waals surface area contributed by atoms with Gasteiger partial charge in [0.25, 0.3) is 5.91 Å².